The van der Waals surface area contributed by atoms with Gasteiger partial charge in [0.25, 0.3) is 0 Å². The Morgan fingerprint density at radius 2 is 1.75 bits per heavy atom. The van der Waals surface area contributed by atoms with Crippen LogP contribution in [0, 0.1) is 0 Å². The monoisotopic (exact) mass is 318 g/mol. The number of halogens is 1. The van der Waals surface area contributed by atoms with Gasteiger partial charge in [0, 0.05) is 10.7 Å². The highest BCUT2D eigenvalue weighted by Gasteiger charge is 2.17. The molecule has 1 aromatic carbocycles. The van der Waals surface area contributed by atoms with Crippen LogP contribution in [0.2, 0.25) is 0 Å². The molecule has 0 bridgehead atoms. The van der Waals surface area contributed by atoms with Gasteiger partial charge in [0.05, 0.1) is 12.4 Å². The summed E-state index contributed by atoms with van der Waals surface area (Å²) in [5.74, 6) is 0.816. The van der Waals surface area contributed by atoms with E-state index in [9.17, 15) is 8.42 Å². The highest BCUT2D eigenvalue weighted by molar-refractivity contribution is 8.13. The molecule has 0 N–H and O–H groups in total. The molecule has 0 spiro atoms. The zero-order valence-electron chi connectivity index (χ0n) is 12.4. The van der Waals surface area contributed by atoms with Crippen LogP contribution in [0.5, 0.6) is 5.75 Å². The van der Waals surface area contributed by atoms with Gasteiger partial charge in [0.2, 0.25) is 9.05 Å². The van der Waals surface area contributed by atoms with Crippen LogP contribution < -0.4 is 4.74 Å². The number of unbranched alkanes of at least 4 members (excludes halogenated alkanes) is 1. The first kappa shape index (κ1) is 17.3. The van der Waals surface area contributed by atoms with E-state index in [2.05, 4.69) is 32.9 Å². The Balaban J connectivity index is 2.39. The lowest BCUT2D eigenvalue weighted by atomic mass is 9.82. The van der Waals surface area contributed by atoms with Gasteiger partial charge in [-0.05, 0) is 42.4 Å². The number of hydrogen-bond acceptors (Lipinski definition) is 3. The molecule has 0 aromatic heterocycles. The van der Waals surface area contributed by atoms with Gasteiger partial charge in [-0.3, -0.25) is 0 Å². The SMILES string of the molecule is CCC(C)(C)c1ccc(OCCCCS(=O)(=O)Cl)cc1. The highest BCUT2D eigenvalue weighted by atomic mass is 35.7. The Morgan fingerprint density at radius 3 is 2.25 bits per heavy atom. The molecule has 0 radical (unpaired) electrons. The van der Waals surface area contributed by atoms with Crippen molar-refractivity contribution in [2.45, 2.75) is 45.4 Å². The first-order chi connectivity index (χ1) is 9.24. The number of benzene rings is 1. The third-order valence-electron chi connectivity index (χ3n) is 3.57. The van der Waals surface area contributed by atoms with Crippen molar-refractivity contribution in [1.82, 2.24) is 0 Å². The zero-order valence-corrected chi connectivity index (χ0v) is 13.9. The molecule has 114 valence electrons. The predicted molar refractivity (Wildman–Crippen MR) is 84.1 cm³/mol. The molecule has 1 rings (SSSR count). The molecule has 3 nitrogen and oxygen atoms in total. The van der Waals surface area contributed by atoms with Crippen LogP contribution in [0.15, 0.2) is 24.3 Å². The number of hydrogen-bond donors (Lipinski definition) is 0. The summed E-state index contributed by atoms with van der Waals surface area (Å²) in [5, 5.41) is 0. The van der Waals surface area contributed by atoms with Crippen molar-refractivity contribution >= 4 is 19.7 Å². The topological polar surface area (TPSA) is 43.4 Å². The molecule has 0 heterocycles. The average molecular weight is 319 g/mol. The van der Waals surface area contributed by atoms with Crippen LogP contribution in [-0.4, -0.2) is 20.8 Å². The van der Waals surface area contributed by atoms with Crippen LogP contribution >= 0.6 is 10.7 Å². The van der Waals surface area contributed by atoms with Crippen LogP contribution in [0.25, 0.3) is 0 Å². The molecule has 0 saturated carbocycles. The summed E-state index contributed by atoms with van der Waals surface area (Å²) in [6.45, 7) is 7.11. The first-order valence-electron chi connectivity index (χ1n) is 6.90. The second-order valence-electron chi connectivity index (χ2n) is 5.56. The smallest absolute Gasteiger partial charge is 0.232 e. The van der Waals surface area contributed by atoms with Gasteiger partial charge >= 0.3 is 0 Å². The van der Waals surface area contributed by atoms with Crippen molar-refractivity contribution in [3.8, 4) is 5.75 Å². The van der Waals surface area contributed by atoms with Crippen molar-refractivity contribution in [3.63, 3.8) is 0 Å². The highest BCUT2D eigenvalue weighted by Crippen LogP contribution is 2.28. The standard InChI is InChI=1S/C15H23ClO3S/c1-4-15(2,3)13-7-9-14(10-8-13)19-11-5-6-12-20(16,17)18/h7-10H,4-6,11-12H2,1-3H3. The molecule has 0 saturated heterocycles. The summed E-state index contributed by atoms with van der Waals surface area (Å²) in [4.78, 5) is 0. The van der Waals surface area contributed by atoms with Crippen molar-refractivity contribution in [2.24, 2.45) is 0 Å². The molecule has 0 unspecified atom stereocenters. The van der Waals surface area contributed by atoms with E-state index >= 15 is 0 Å². The minimum atomic E-state index is -3.38. The quantitative estimate of drug-likeness (QED) is 0.535. The minimum Gasteiger partial charge on any atom is -0.494 e. The fourth-order valence-corrected chi connectivity index (χ4v) is 2.65. The molecule has 20 heavy (non-hydrogen) atoms. The molecule has 1 aromatic rings. The fraction of sp³-hybridized carbons (Fsp3) is 0.600. The van der Waals surface area contributed by atoms with Gasteiger partial charge in [-0.1, -0.05) is 32.9 Å². The Bertz CT molecular complexity index is 506. The molecule has 0 atom stereocenters. The molecule has 0 fully saturated rings. The Hall–Kier alpha value is -0.740. The molecule has 0 aliphatic heterocycles. The van der Waals surface area contributed by atoms with Gasteiger partial charge < -0.3 is 4.74 Å². The molecule has 5 heteroatoms. The average Bonchev–Trinajstić information content (AvgIpc) is 2.37. The summed E-state index contributed by atoms with van der Waals surface area (Å²) in [6.07, 6.45) is 2.28. The second-order valence-corrected chi connectivity index (χ2v) is 8.46. The van der Waals surface area contributed by atoms with E-state index < -0.39 is 9.05 Å². The molecule has 0 amide bonds. The van der Waals surface area contributed by atoms with Crippen molar-refractivity contribution in [2.75, 3.05) is 12.4 Å². The summed E-state index contributed by atoms with van der Waals surface area (Å²) < 4.78 is 27.1. The van der Waals surface area contributed by atoms with Gasteiger partial charge in [-0.15, -0.1) is 0 Å². The summed E-state index contributed by atoms with van der Waals surface area (Å²) in [6, 6.07) is 8.10. The molecule has 0 aliphatic rings. The van der Waals surface area contributed by atoms with E-state index in [1.807, 2.05) is 12.1 Å². The second kappa shape index (κ2) is 7.32. The van der Waals surface area contributed by atoms with Gasteiger partial charge in [0.15, 0.2) is 0 Å². The Kier molecular flexibility index (Phi) is 6.34. The largest absolute Gasteiger partial charge is 0.494 e. The lowest BCUT2D eigenvalue weighted by Crippen LogP contribution is -2.15. The summed E-state index contributed by atoms with van der Waals surface area (Å²) in [5.41, 5.74) is 1.47. The van der Waals surface area contributed by atoms with Crippen molar-refractivity contribution in [3.05, 3.63) is 29.8 Å². The maximum Gasteiger partial charge on any atom is 0.232 e. The molecule has 0 aliphatic carbocycles. The van der Waals surface area contributed by atoms with E-state index in [0.717, 1.165) is 12.2 Å². The van der Waals surface area contributed by atoms with E-state index in [-0.39, 0.29) is 11.2 Å². The van der Waals surface area contributed by atoms with Gasteiger partial charge in [-0.2, -0.15) is 0 Å². The van der Waals surface area contributed by atoms with Crippen LogP contribution in [-0.2, 0) is 14.5 Å². The van der Waals surface area contributed by atoms with E-state index in [4.69, 9.17) is 15.4 Å². The third kappa shape index (κ3) is 6.14. The van der Waals surface area contributed by atoms with Crippen LogP contribution in [0.1, 0.15) is 45.6 Å². The normalized spacial score (nSPS) is 12.4. The molecular formula is C15H23ClO3S. The third-order valence-corrected chi connectivity index (χ3v) is 4.81. The van der Waals surface area contributed by atoms with E-state index in [1.165, 1.54) is 5.56 Å². The summed E-state index contributed by atoms with van der Waals surface area (Å²) in [7, 11) is 1.76. The van der Waals surface area contributed by atoms with Crippen LogP contribution in [0.4, 0.5) is 0 Å². The summed E-state index contributed by atoms with van der Waals surface area (Å²) >= 11 is 0. The van der Waals surface area contributed by atoms with Crippen LogP contribution in [0.3, 0.4) is 0 Å². The molecular weight excluding hydrogens is 296 g/mol. The Morgan fingerprint density at radius 1 is 1.15 bits per heavy atom. The zero-order chi connectivity index (χ0) is 15.2. The number of ether oxygens (including phenoxy) is 1. The van der Waals surface area contributed by atoms with E-state index in [1.54, 1.807) is 0 Å². The maximum atomic E-state index is 10.7. The number of rotatable bonds is 8. The lowest BCUT2D eigenvalue weighted by molar-refractivity contribution is 0.309. The van der Waals surface area contributed by atoms with Crippen molar-refractivity contribution in [1.29, 1.82) is 0 Å². The predicted octanol–water partition coefficient (Wildman–Crippen LogP) is 4.10. The first-order valence-corrected chi connectivity index (χ1v) is 9.38. The fourth-order valence-electron chi connectivity index (χ4n) is 1.77. The van der Waals surface area contributed by atoms with Gasteiger partial charge in [0.1, 0.15) is 5.75 Å². The Labute approximate surface area is 126 Å². The maximum absolute atomic E-state index is 10.7. The minimum absolute atomic E-state index is 0.00153. The lowest BCUT2D eigenvalue weighted by Gasteiger charge is -2.23. The van der Waals surface area contributed by atoms with Gasteiger partial charge in [-0.25, -0.2) is 8.42 Å². The van der Waals surface area contributed by atoms with E-state index in [0.29, 0.717) is 19.4 Å². The van der Waals surface area contributed by atoms with Crippen molar-refractivity contribution < 1.29 is 13.2 Å².